The van der Waals surface area contributed by atoms with Crippen LogP contribution in [0, 0.1) is 6.92 Å². The van der Waals surface area contributed by atoms with E-state index < -0.39 is 5.41 Å². The van der Waals surface area contributed by atoms with Gasteiger partial charge < -0.3 is 9.80 Å². The molecular formula is C72H55BN4. The van der Waals surface area contributed by atoms with Gasteiger partial charge in [0.2, 0.25) is 0 Å². The highest BCUT2D eigenvalue weighted by Crippen LogP contribution is 2.64. The summed E-state index contributed by atoms with van der Waals surface area (Å²) in [5.41, 5.74) is 29.5. The zero-order valence-corrected chi connectivity index (χ0v) is 44.0. The molecule has 2 aliphatic heterocycles. The van der Waals surface area contributed by atoms with Crippen LogP contribution in [0.5, 0.6) is 0 Å². The van der Waals surface area contributed by atoms with Gasteiger partial charge in [0, 0.05) is 50.8 Å². The zero-order valence-electron chi connectivity index (χ0n) is 44.0. The number of fused-ring (bicyclic) bond motifs is 14. The third-order valence-corrected chi connectivity index (χ3v) is 17.1. The summed E-state index contributed by atoms with van der Waals surface area (Å²) in [6.07, 6.45) is 0. The van der Waals surface area contributed by atoms with E-state index in [1.54, 1.807) is 0 Å². The smallest absolute Gasteiger partial charge is 0.252 e. The number of hydrogen-bond acceptors (Lipinski definition) is 4. The van der Waals surface area contributed by atoms with Crippen LogP contribution in [0.1, 0.15) is 78.5 Å². The quantitative estimate of drug-likeness (QED) is 0.149. The Bertz CT molecular complexity index is 4130. The van der Waals surface area contributed by atoms with Gasteiger partial charge in [0.05, 0.1) is 16.8 Å². The summed E-state index contributed by atoms with van der Waals surface area (Å²) in [7, 11) is 0. The number of hydrogen-bond donors (Lipinski definition) is 0. The molecule has 2 aliphatic carbocycles. The maximum absolute atomic E-state index is 5.39. The second kappa shape index (κ2) is 17.2. The molecule has 5 heteroatoms. The summed E-state index contributed by atoms with van der Waals surface area (Å²) in [4.78, 5) is 15.9. The second-order valence-electron chi connectivity index (χ2n) is 22.1. The van der Waals surface area contributed by atoms with Crippen LogP contribution in [0.4, 0.5) is 34.1 Å². The maximum Gasteiger partial charge on any atom is 0.252 e. The first-order valence-corrected chi connectivity index (χ1v) is 27.3. The van der Waals surface area contributed by atoms with Crippen molar-refractivity contribution in [1.82, 2.24) is 9.97 Å². The fourth-order valence-corrected chi connectivity index (χ4v) is 13.5. The van der Waals surface area contributed by atoms with Crippen LogP contribution in [0.15, 0.2) is 231 Å². The molecule has 15 rings (SSSR count). The molecule has 1 aromatic heterocycles. The van der Waals surface area contributed by atoms with Gasteiger partial charge in [0.1, 0.15) is 0 Å². The molecule has 10 aromatic carbocycles. The van der Waals surface area contributed by atoms with Crippen molar-refractivity contribution in [3.05, 3.63) is 269 Å². The molecular weight excluding hydrogens is 932 g/mol. The van der Waals surface area contributed by atoms with E-state index in [4.69, 9.17) is 9.97 Å². The standard InChI is InChI=1S/C72H55BN4/c1-44(2)47-29-33-53(34-30-47)76-66-36-32-50(45(3)4)40-62(66)73-63-41-57-55-26-16-18-28-59(55)72(61(57)42-67(63)77(52-23-13-8-14-24-52)69-38-46(5)37-68(76)70(69)73)58-27-17-15-25-54(58)56-35-31-51(39-60(56)72)71-74-64(48-19-9-6-10-20-48)43-65(75-71)49-21-11-7-12-22-49/h6-45H,1-5H3. The molecule has 0 saturated heterocycles. The van der Waals surface area contributed by atoms with E-state index in [2.05, 4.69) is 275 Å². The monoisotopic (exact) mass is 986 g/mol. The summed E-state index contributed by atoms with van der Waals surface area (Å²) >= 11 is 0. The van der Waals surface area contributed by atoms with Crippen molar-refractivity contribution in [2.24, 2.45) is 0 Å². The van der Waals surface area contributed by atoms with Crippen molar-refractivity contribution in [2.75, 3.05) is 9.80 Å². The average Bonchev–Trinajstić information content (AvgIpc) is 4.05. The molecule has 11 aromatic rings. The van der Waals surface area contributed by atoms with E-state index in [0.717, 1.165) is 33.8 Å². The van der Waals surface area contributed by atoms with Crippen molar-refractivity contribution in [2.45, 2.75) is 51.9 Å². The summed E-state index contributed by atoms with van der Waals surface area (Å²) in [6, 6.07) is 86.2. The van der Waals surface area contributed by atoms with E-state index in [9.17, 15) is 0 Å². The zero-order chi connectivity index (χ0) is 51.7. The van der Waals surface area contributed by atoms with Gasteiger partial charge in [-0.3, -0.25) is 0 Å². The fourth-order valence-electron chi connectivity index (χ4n) is 13.5. The van der Waals surface area contributed by atoms with Crippen LogP contribution in [0.3, 0.4) is 0 Å². The van der Waals surface area contributed by atoms with Crippen LogP contribution in [0.2, 0.25) is 0 Å². The Morgan fingerprint density at radius 1 is 0.377 bits per heavy atom. The van der Waals surface area contributed by atoms with Crippen molar-refractivity contribution in [1.29, 1.82) is 0 Å². The topological polar surface area (TPSA) is 32.3 Å². The highest BCUT2D eigenvalue weighted by atomic mass is 15.2. The fraction of sp³-hybridized carbons (Fsp3) is 0.111. The summed E-state index contributed by atoms with van der Waals surface area (Å²) < 4.78 is 0. The first-order valence-electron chi connectivity index (χ1n) is 27.3. The Balaban J connectivity index is 1.01. The number of rotatable bonds is 7. The van der Waals surface area contributed by atoms with E-state index in [0.29, 0.717) is 17.7 Å². The molecule has 4 nitrogen and oxygen atoms in total. The van der Waals surface area contributed by atoms with Crippen molar-refractivity contribution < 1.29 is 0 Å². The minimum atomic E-state index is -0.642. The van der Waals surface area contributed by atoms with Crippen LogP contribution in [-0.4, -0.2) is 16.7 Å². The van der Waals surface area contributed by atoms with Crippen LogP contribution in [0.25, 0.3) is 56.2 Å². The Morgan fingerprint density at radius 2 is 0.883 bits per heavy atom. The molecule has 0 N–H and O–H groups in total. The second-order valence-corrected chi connectivity index (χ2v) is 22.1. The molecule has 366 valence electrons. The van der Waals surface area contributed by atoms with E-state index >= 15 is 0 Å². The number of aromatic nitrogens is 2. The van der Waals surface area contributed by atoms with E-state index in [1.807, 2.05) is 0 Å². The molecule has 0 radical (unpaired) electrons. The van der Waals surface area contributed by atoms with Gasteiger partial charge >= 0.3 is 0 Å². The first kappa shape index (κ1) is 45.3. The lowest BCUT2D eigenvalue weighted by Crippen LogP contribution is -2.61. The third-order valence-electron chi connectivity index (χ3n) is 17.1. The summed E-state index contributed by atoms with van der Waals surface area (Å²) in [6.45, 7) is 11.4. The largest absolute Gasteiger partial charge is 0.311 e. The van der Waals surface area contributed by atoms with E-state index in [1.165, 1.54) is 106 Å². The van der Waals surface area contributed by atoms with Gasteiger partial charge in [-0.2, -0.15) is 0 Å². The minimum absolute atomic E-state index is 0.0351. The molecule has 77 heavy (non-hydrogen) atoms. The Labute approximate surface area is 452 Å². The molecule has 0 fully saturated rings. The maximum atomic E-state index is 5.39. The van der Waals surface area contributed by atoms with Crippen molar-refractivity contribution >= 4 is 57.2 Å². The third kappa shape index (κ3) is 6.72. The Morgan fingerprint density at radius 3 is 1.51 bits per heavy atom. The van der Waals surface area contributed by atoms with Gasteiger partial charge in [-0.1, -0.05) is 198 Å². The van der Waals surface area contributed by atoms with Gasteiger partial charge in [0.25, 0.3) is 6.71 Å². The van der Waals surface area contributed by atoms with Gasteiger partial charge in [-0.15, -0.1) is 0 Å². The molecule has 1 unspecified atom stereocenters. The lowest BCUT2D eigenvalue weighted by atomic mass is 9.33. The number of benzene rings is 10. The van der Waals surface area contributed by atoms with Gasteiger partial charge in [-0.05, 0) is 157 Å². The van der Waals surface area contributed by atoms with Crippen molar-refractivity contribution in [3.8, 4) is 56.2 Å². The first-order chi connectivity index (χ1) is 37.7. The highest BCUT2D eigenvalue weighted by Gasteiger charge is 2.54. The molecule has 1 atom stereocenters. The minimum Gasteiger partial charge on any atom is -0.311 e. The number of anilines is 6. The lowest BCUT2D eigenvalue weighted by Gasteiger charge is -2.45. The highest BCUT2D eigenvalue weighted by molar-refractivity contribution is 7.00. The molecule has 4 aliphatic rings. The van der Waals surface area contributed by atoms with Gasteiger partial charge in [-0.25, -0.2) is 9.97 Å². The Kier molecular flexibility index (Phi) is 10.2. The molecule has 1 spiro atoms. The number of para-hydroxylation sites is 1. The lowest BCUT2D eigenvalue weighted by molar-refractivity contribution is 0.794. The van der Waals surface area contributed by atoms with E-state index in [-0.39, 0.29) is 6.71 Å². The number of nitrogens with zero attached hydrogens (tertiary/aromatic N) is 4. The van der Waals surface area contributed by atoms with Crippen molar-refractivity contribution in [3.63, 3.8) is 0 Å². The van der Waals surface area contributed by atoms with Gasteiger partial charge in [0.15, 0.2) is 5.82 Å². The summed E-state index contributed by atoms with van der Waals surface area (Å²) in [5.74, 6) is 1.50. The molecule has 3 heterocycles. The summed E-state index contributed by atoms with van der Waals surface area (Å²) in [5, 5.41) is 0. The normalized spacial score (nSPS) is 15.0. The SMILES string of the molecule is Cc1cc2c3c(c1)N(c1ccccc1)c1cc4c(cc1B3c1cc(C(C)C)ccc1N2c1ccc(C(C)C)cc1)-c1ccccc1C41c2ccccc2-c2ccc(-c3nc(-c4ccccc4)cc(-c4ccccc4)n3)cc21. The van der Waals surface area contributed by atoms with Crippen LogP contribution >= 0.6 is 0 Å². The Hall–Kier alpha value is -9.06. The van der Waals surface area contributed by atoms with Crippen LogP contribution < -0.4 is 26.2 Å². The average molecular weight is 987 g/mol. The number of aryl methyl sites for hydroxylation is 1. The predicted molar refractivity (Wildman–Crippen MR) is 322 cm³/mol. The van der Waals surface area contributed by atoms with Crippen LogP contribution in [-0.2, 0) is 5.41 Å². The molecule has 0 amide bonds. The predicted octanol–water partition coefficient (Wildman–Crippen LogP) is 16.5. The molecule has 0 bridgehead atoms. The molecule has 0 saturated carbocycles.